The summed E-state index contributed by atoms with van der Waals surface area (Å²) in [6, 6.07) is 5.57. The van der Waals surface area contributed by atoms with Gasteiger partial charge in [-0.15, -0.1) is 0 Å². The van der Waals surface area contributed by atoms with Crippen LogP contribution in [0.25, 0.3) is 0 Å². The van der Waals surface area contributed by atoms with E-state index in [4.69, 9.17) is 4.74 Å². The van der Waals surface area contributed by atoms with Crippen LogP contribution in [0.2, 0.25) is 0 Å². The first-order valence-corrected chi connectivity index (χ1v) is 8.75. The van der Waals surface area contributed by atoms with Crippen LogP contribution in [-0.2, 0) is 20.9 Å². The van der Waals surface area contributed by atoms with E-state index in [0.717, 1.165) is 25.0 Å². The lowest BCUT2D eigenvalue weighted by Crippen LogP contribution is -2.46. The van der Waals surface area contributed by atoms with E-state index in [1.54, 1.807) is 12.1 Å². The van der Waals surface area contributed by atoms with E-state index in [2.05, 4.69) is 10.1 Å². The maximum absolute atomic E-state index is 12.5. The highest BCUT2D eigenvalue weighted by molar-refractivity contribution is 5.90. The lowest BCUT2D eigenvalue weighted by atomic mass is 10.1. The van der Waals surface area contributed by atoms with Gasteiger partial charge < -0.3 is 19.7 Å². The molecule has 2 heterocycles. The Morgan fingerprint density at radius 1 is 1.31 bits per heavy atom. The summed E-state index contributed by atoms with van der Waals surface area (Å²) < 4.78 is 34.2. The molecule has 0 bridgehead atoms. The van der Waals surface area contributed by atoms with E-state index in [-0.39, 0.29) is 30.2 Å². The summed E-state index contributed by atoms with van der Waals surface area (Å²) in [7, 11) is 0. The molecule has 2 aliphatic rings. The van der Waals surface area contributed by atoms with Gasteiger partial charge >= 0.3 is 6.61 Å². The van der Waals surface area contributed by atoms with Crippen molar-refractivity contribution in [3.63, 3.8) is 0 Å². The Morgan fingerprint density at radius 2 is 2.08 bits per heavy atom. The van der Waals surface area contributed by atoms with Gasteiger partial charge in [0.2, 0.25) is 11.8 Å². The predicted octanol–water partition coefficient (Wildman–Crippen LogP) is 2.07. The van der Waals surface area contributed by atoms with Crippen molar-refractivity contribution in [1.29, 1.82) is 0 Å². The van der Waals surface area contributed by atoms with Gasteiger partial charge in [0, 0.05) is 26.1 Å². The first-order chi connectivity index (χ1) is 12.5. The van der Waals surface area contributed by atoms with Gasteiger partial charge in [-0.2, -0.15) is 8.78 Å². The second-order valence-corrected chi connectivity index (χ2v) is 6.48. The molecule has 0 aromatic heterocycles. The molecule has 0 spiro atoms. The van der Waals surface area contributed by atoms with E-state index < -0.39 is 12.7 Å². The molecule has 0 saturated carbocycles. The van der Waals surface area contributed by atoms with Gasteiger partial charge in [-0.05, 0) is 37.0 Å². The number of nitrogens with zero attached hydrogens (tertiary/aromatic N) is 1. The third-order valence-electron chi connectivity index (χ3n) is 4.66. The van der Waals surface area contributed by atoms with Crippen molar-refractivity contribution in [2.75, 3.05) is 13.2 Å². The first kappa shape index (κ1) is 18.6. The number of rotatable bonds is 7. The Kier molecular flexibility index (Phi) is 6.03. The average molecular weight is 368 g/mol. The molecular formula is C18H22F2N2O4. The molecule has 26 heavy (non-hydrogen) atoms. The van der Waals surface area contributed by atoms with Gasteiger partial charge in [-0.25, -0.2) is 0 Å². The number of ether oxygens (including phenoxy) is 2. The highest BCUT2D eigenvalue weighted by Gasteiger charge is 2.36. The topological polar surface area (TPSA) is 67.9 Å². The molecule has 1 aromatic rings. The van der Waals surface area contributed by atoms with Gasteiger partial charge in [0.1, 0.15) is 11.8 Å². The molecule has 6 nitrogen and oxygen atoms in total. The highest BCUT2D eigenvalue weighted by atomic mass is 19.3. The van der Waals surface area contributed by atoms with E-state index >= 15 is 0 Å². The number of halogens is 2. The average Bonchev–Trinajstić information content (AvgIpc) is 3.25. The number of hydrogen-bond donors (Lipinski definition) is 1. The van der Waals surface area contributed by atoms with Crippen LogP contribution < -0.4 is 10.1 Å². The van der Waals surface area contributed by atoms with Crippen LogP contribution in [0.1, 0.15) is 31.2 Å². The van der Waals surface area contributed by atoms with Crippen LogP contribution in [0.4, 0.5) is 8.78 Å². The zero-order chi connectivity index (χ0) is 18.5. The molecule has 0 radical (unpaired) electrons. The largest absolute Gasteiger partial charge is 0.435 e. The minimum atomic E-state index is -2.88. The molecule has 2 fully saturated rings. The van der Waals surface area contributed by atoms with Crippen LogP contribution in [0.15, 0.2) is 24.3 Å². The van der Waals surface area contributed by atoms with Crippen molar-refractivity contribution < 1.29 is 27.8 Å². The van der Waals surface area contributed by atoms with Gasteiger partial charge in [0.15, 0.2) is 0 Å². The molecule has 3 rings (SSSR count). The molecule has 142 valence electrons. The summed E-state index contributed by atoms with van der Waals surface area (Å²) in [5.74, 6) is -0.207. The zero-order valence-electron chi connectivity index (χ0n) is 14.3. The van der Waals surface area contributed by atoms with Crippen LogP contribution in [-0.4, -0.2) is 48.6 Å². The number of benzene rings is 1. The first-order valence-electron chi connectivity index (χ1n) is 8.75. The molecule has 0 aliphatic carbocycles. The third-order valence-corrected chi connectivity index (χ3v) is 4.66. The Bertz CT molecular complexity index is 633. The minimum Gasteiger partial charge on any atom is -0.435 e. The quantitative estimate of drug-likeness (QED) is 0.800. The lowest BCUT2D eigenvalue weighted by Gasteiger charge is -2.25. The zero-order valence-corrected chi connectivity index (χ0v) is 14.3. The smallest absolute Gasteiger partial charge is 0.387 e. The van der Waals surface area contributed by atoms with E-state index in [0.29, 0.717) is 19.4 Å². The summed E-state index contributed by atoms with van der Waals surface area (Å²) in [6.45, 7) is -1.44. The monoisotopic (exact) mass is 368 g/mol. The fourth-order valence-electron chi connectivity index (χ4n) is 3.32. The van der Waals surface area contributed by atoms with Crippen molar-refractivity contribution in [1.82, 2.24) is 10.2 Å². The van der Waals surface area contributed by atoms with E-state index in [1.165, 1.54) is 17.0 Å². The third kappa shape index (κ3) is 4.69. The second-order valence-electron chi connectivity index (χ2n) is 6.48. The number of nitrogens with one attached hydrogen (secondary N) is 1. The molecule has 2 atom stereocenters. The predicted molar refractivity (Wildman–Crippen MR) is 88.6 cm³/mol. The fraction of sp³-hybridized carbons (Fsp3) is 0.556. The normalized spacial score (nSPS) is 22.9. The fourth-order valence-corrected chi connectivity index (χ4v) is 3.32. The van der Waals surface area contributed by atoms with Gasteiger partial charge in [0.25, 0.3) is 0 Å². The molecule has 0 unspecified atom stereocenters. The molecule has 1 aromatic carbocycles. The van der Waals surface area contributed by atoms with Crippen LogP contribution >= 0.6 is 0 Å². The Hall–Kier alpha value is -2.22. The van der Waals surface area contributed by atoms with Crippen LogP contribution in [0, 0.1) is 0 Å². The SMILES string of the molecule is O=C(NC[C@H]1CCCO1)[C@@H]1CCC(=O)N1Cc1ccc(OC(F)F)cc1. The molecular weight excluding hydrogens is 346 g/mol. The standard InChI is InChI=1S/C18H22F2N2O4/c19-18(20)26-13-5-3-12(4-6-13)11-22-15(7-8-16(22)23)17(24)21-10-14-2-1-9-25-14/h3-6,14-15,18H,1-2,7-11H2,(H,21,24)/t14-,15+/m1/s1. The van der Waals surface area contributed by atoms with Crippen molar-refractivity contribution in [3.05, 3.63) is 29.8 Å². The van der Waals surface area contributed by atoms with Crippen LogP contribution in [0.3, 0.4) is 0 Å². The summed E-state index contributed by atoms with van der Waals surface area (Å²) in [5.41, 5.74) is 0.749. The molecule has 2 aliphatic heterocycles. The summed E-state index contributed by atoms with van der Waals surface area (Å²) in [6.07, 6.45) is 2.78. The maximum atomic E-state index is 12.5. The summed E-state index contributed by atoms with van der Waals surface area (Å²) in [5, 5.41) is 2.87. The van der Waals surface area contributed by atoms with E-state index in [1.807, 2.05) is 0 Å². The molecule has 2 saturated heterocycles. The number of amides is 2. The summed E-state index contributed by atoms with van der Waals surface area (Å²) >= 11 is 0. The van der Waals surface area contributed by atoms with Gasteiger partial charge in [-0.1, -0.05) is 12.1 Å². The Balaban J connectivity index is 1.57. The van der Waals surface area contributed by atoms with Crippen molar-refractivity contribution in [2.45, 2.75) is 51.0 Å². The van der Waals surface area contributed by atoms with Crippen LogP contribution in [0.5, 0.6) is 5.75 Å². The number of alkyl halides is 2. The summed E-state index contributed by atoms with van der Waals surface area (Å²) in [4.78, 5) is 26.2. The van der Waals surface area contributed by atoms with E-state index in [9.17, 15) is 18.4 Å². The lowest BCUT2D eigenvalue weighted by molar-refractivity contribution is -0.136. The maximum Gasteiger partial charge on any atom is 0.387 e. The number of hydrogen-bond acceptors (Lipinski definition) is 4. The number of carbonyl (C=O) groups is 2. The molecule has 2 amide bonds. The molecule has 8 heteroatoms. The number of carbonyl (C=O) groups excluding carboxylic acids is 2. The van der Waals surface area contributed by atoms with Crippen molar-refractivity contribution in [2.24, 2.45) is 0 Å². The Morgan fingerprint density at radius 3 is 2.73 bits per heavy atom. The van der Waals surface area contributed by atoms with Gasteiger partial charge in [-0.3, -0.25) is 9.59 Å². The minimum absolute atomic E-state index is 0.0480. The van der Waals surface area contributed by atoms with Gasteiger partial charge in [0.05, 0.1) is 6.10 Å². The second kappa shape index (κ2) is 8.44. The van der Waals surface area contributed by atoms with Crippen molar-refractivity contribution in [3.8, 4) is 5.75 Å². The van der Waals surface area contributed by atoms with Crippen molar-refractivity contribution >= 4 is 11.8 Å². The number of likely N-dealkylation sites (tertiary alicyclic amines) is 1. The Labute approximate surface area is 150 Å². The highest BCUT2D eigenvalue weighted by Crippen LogP contribution is 2.23. The molecule has 1 N–H and O–H groups in total.